The van der Waals surface area contributed by atoms with E-state index in [0.29, 0.717) is 18.7 Å². The second kappa shape index (κ2) is 7.49. The number of non-ortho nitro benzene ring substituents is 1. The molecule has 0 spiro atoms. The number of hydrogen-bond donors (Lipinski definition) is 1. The van der Waals surface area contributed by atoms with Crippen molar-refractivity contribution in [3.8, 4) is 0 Å². The van der Waals surface area contributed by atoms with E-state index in [1.807, 2.05) is 0 Å². The first kappa shape index (κ1) is 19.1. The minimum Gasteiger partial charge on any atom is -0.455 e. The highest BCUT2D eigenvalue weighted by atomic mass is 32.2. The van der Waals surface area contributed by atoms with Gasteiger partial charge in [0.05, 0.1) is 4.92 Å². The van der Waals surface area contributed by atoms with Crippen LogP contribution in [0.1, 0.15) is 34.7 Å². The summed E-state index contributed by atoms with van der Waals surface area (Å²) >= 11 is 0. The average Bonchev–Trinajstić information content (AvgIpc) is 3.30. The summed E-state index contributed by atoms with van der Waals surface area (Å²) in [6.07, 6.45) is 1.64. The fourth-order valence-corrected chi connectivity index (χ4v) is 4.58. The molecule has 1 amide bonds. The first-order valence-corrected chi connectivity index (χ1v) is 9.85. The van der Waals surface area contributed by atoms with Crippen molar-refractivity contribution < 1.29 is 22.6 Å². The number of carbonyl (C=O) groups is 1. The predicted octanol–water partition coefficient (Wildman–Crippen LogP) is 2.21. The minimum absolute atomic E-state index is 0.00452. The Hall–Kier alpha value is -2.72. The van der Waals surface area contributed by atoms with Crippen LogP contribution in [-0.4, -0.2) is 36.6 Å². The summed E-state index contributed by atoms with van der Waals surface area (Å²) in [7, 11) is -3.67. The summed E-state index contributed by atoms with van der Waals surface area (Å²) < 4.78 is 32.0. The van der Waals surface area contributed by atoms with Gasteiger partial charge in [0, 0.05) is 37.8 Å². The predicted molar refractivity (Wildman–Crippen MR) is 95.7 cm³/mol. The van der Waals surface area contributed by atoms with Crippen LogP contribution in [0.4, 0.5) is 5.69 Å². The number of nitrogens with one attached hydrogen (secondary N) is 1. The largest absolute Gasteiger partial charge is 0.455 e. The molecule has 1 saturated heterocycles. The van der Waals surface area contributed by atoms with Gasteiger partial charge in [0.15, 0.2) is 5.76 Å². The van der Waals surface area contributed by atoms with E-state index in [4.69, 9.17) is 4.42 Å². The van der Waals surface area contributed by atoms with Crippen molar-refractivity contribution in [2.24, 2.45) is 0 Å². The first-order valence-electron chi connectivity index (χ1n) is 8.41. The number of nitrogens with zero attached hydrogens (tertiary/aromatic N) is 2. The van der Waals surface area contributed by atoms with Gasteiger partial charge in [0.1, 0.15) is 10.7 Å². The average molecular weight is 393 g/mol. The summed E-state index contributed by atoms with van der Waals surface area (Å²) in [6, 6.07) is 7.01. The summed E-state index contributed by atoms with van der Waals surface area (Å²) in [6.45, 7) is 2.57. The maximum absolute atomic E-state index is 12.6. The van der Waals surface area contributed by atoms with Crippen LogP contribution in [0.15, 0.2) is 39.6 Å². The molecule has 0 radical (unpaired) electrons. The van der Waals surface area contributed by atoms with Gasteiger partial charge in [-0.25, -0.2) is 8.42 Å². The van der Waals surface area contributed by atoms with E-state index in [0.717, 1.165) is 12.8 Å². The van der Waals surface area contributed by atoms with Crippen molar-refractivity contribution in [2.75, 3.05) is 13.1 Å². The molecule has 1 aliphatic heterocycles. The van der Waals surface area contributed by atoms with E-state index < -0.39 is 20.9 Å². The van der Waals surface area contributed by atoms with Gasteiger partial charge in [-0.2, -0.15) is 4.31 Å². The highest BCUT2D eigenvalue weighted by molar-refractivity contribution is 7.89. The topological polar surface area (TPSA) is 123 Å². The van der Waals surface area contributed by atoms with E-state index in [-0.39, 0.29) is 28.6 Å². The zero-order chi connectivity index (χ0) is 19.6. The molecule has 1 aromatic carbocycles. The van der Waals surface area contributed by atoms with Gasteiger partial charge in [-0.05, 0) is 25.3 Å². The Morgan fingerprint density at radius 3 is 2.48 bits per heavy atom. The van der Waals surface area contributed by atoms with E-state index in [9.17, 15) is 23.3 Å². The lowest BCUT2D eigenvalue weighted by Crippen LogP contribution is -2.28. The number of benzene rings is 1. The molecule has 1 fully saturated rings. The van der Waals surface area contributed by atoms with Gasteiger partial charge < -0.3 is 9.73 Å². The third kappa shape index (κ3) is 4.01. The van der Waals surface area contributed by atoms with Crippen LogP contribution in [0.5, 0.6) is 0 Å². The van der Waals surface area contributed by atoms with Crippen LogP contribution >= 0.6 is 0 Å². The molecule has 9 nitrogen and oxygen atoms in total. The number of aryl methyl sites for hydroxylation is 1. The number of amides is 1. The fraction of sp³-hybridized carbons (Fsp3) is 0.353. The van der Waals surface area contributed by atoms with Crippen LogP contribution in [0, 0.1) is 17.0 Å². The Morgan fingerprint density at radius 1 is 1.26 bits per heavy atom. The monoisotopic (exact) mass is 393 g/mol. The van der Waals surface area contributed by atoms with Crippen molar-refractivity contribution in [1.29, 1.82) is 0 Å². The standard InChI is InChI=1S/C17H19N3O6S/c1-12-16(27(24,25)19-8-2-3-9-19)10-15(26-12)17(21)18-11-13-4-6-14(7-5-13)20(22)23/h4-7,10H,2-3,8-9,11H2,1H3,(H,18,21). The molecule has 0 bridgehead atoms. The second-order valence-electron chi connectivity index (χ2n) is 6.25. The molecular weight excluding hydrogens is 374 g/mol. The zero-order valence-corrected chi connectivity index (χ0v) is 15.5. The van der Waals surface area contributed by atoms with Crippen molar-refractivity contribution in [3.05, 3.63) is 57.5 Å². The van der Waals surface area contributed by atoms with Gasteiger partial charge in [0.25, 0.3) is 11.6 Å². The summed E-state index contributed by atoms with van der Waals surface area (Å²) in [5.41, 5.74) is 0.630. The lowest BCUT2D eigenvalue weighted by atomic mass is 10.2. The van der Waals surface area contributed by atoms with Gasteiger partial charge in [-0.1, -0.05) is 12.1 Å². The quantitative estimate of drug-likeness (QED) is 0.593. The molecule has 27 heavy (non-hydrogen) atoms. The summed E-state index contributed by atoms with van der Waals surface area (Å²) in [4.78, 5) is 22.4. The Balaban J connectivity index is 1.69. The highest BCUT2D eigenvalue weighted by Crippen LogP contribution is 2.26. The molecule has 2 aromatic rings. The lowest BCUT2D eigenvalue weighted by Gasteiger charge is -2.14. The van der Waals surface area contributed by atoms with Crippen LogP contribution in [0.3, 0.4) is 0 Å². The molecule has 0 atom stereocenters. The number of nitro benzene ring substituents is 1. The maximum atomic E-state index is 12.6. The molecule has 144 valence electrons. The smallest absolute Gasteiger partial charge is 0.287 e. The number of furan rings is 1. The molecule has 2 heterocycles. The van der Waals surface area contributed by atoms with Gasteiger partial charge in [-0.15, -0.1) is 0 Å². The van der Waals surface area contributed by atoms with E-state index >= 15 is 0 Å². The molecule has 0 aliphatic carbocycles. The van der Waals surface area contributed by atoms with Crippen LogP contribution in [0.25, 0.3) is 0 Å². The number of carbonyl (C=O) groups excluding carboxylic acids is 1. The third-order valence-corrected chi connectivity index (χ3v) is 6.39. The van der Waals surface area contributed by atoms with Crippen LogP contribution in [0.2, 0.25) is 0 Å². The van der Waals surface area contributed by atoms with Gasteiger partial charge >= 0.3 is 0 Å². The van der Waals surface area contributed by atoms with Crippen molar-refractivity contribution in [3.63, 3.8) is 0 Å². The molecule has 1 aliphatic rings. The highest BCUT2D eigenvalue weighted by Gasteiger charge is 2.31. The Bertz CT molecular complexity index is 959. The molecule has 0 saturated carbocycles. The van der Waals surface area contributed by atoms with E-state index in [2.05, 4.69) is 5.32 Å². The maximum Gasteiger partial charge on any atom is 0.287 e. The number of nitro groups is 1. The normalized spacial score (nSPS) is 15.0. The van der Waals surface area contributed by atoms with Gasteiger partial charge in [-0.3, -0.25) is 14.9 Å². The van der Waals surface area contributed by atoms with Crippen LogP contribution in [-0.2, 0) is 16.6 Å². The molecule has 1 N–H and O–H groups in total. The van der Waals surface area contributed by atoms with Crippen molar-refractivity contribution in [1.82, 2.24) is 9.62 Å². The number of hydrogen-bond acceptors (Lipinski definition) is 6. The Labute approximate surface area is 156 Å². The minimum atomic E-state index is -3.67. The molecule has 0 unspecified atom stereocenters. The Morgan fingerprint density at radius 2 is 1.89 bits per heavy atom. The van der Waals surface area contributed by atoms with E-state index in [1.54, 1.807) is 0 Å². The molecular formula is C17H19N3O6S. The molecule has 1 aromatic heterocycles. The fourth-order valence-electron chi connectivity index (χ4n) is 2.91. The summed E-state index contributed by atoms with van der Waals surface area (Å²) in [5.74, 6) is -0.478. The first-order chi connectivity index (χ1) is 12.8. The number of rotatable bonds is 6. The molecule has 3 rings (SSSR count). The SMILES string of the molecule is Cc1oc(C(=O)NCc2ccc([N+](=O)[O-])cc2)cc1S(=O)(=O)N1CCCC1. The van der Waals surface area contributed by atoms with Gasteiger partial charge in [0.2, 0.25) is 10.0 Å². The lowest BCUT2D eigenvalue weighted by molar-refractivity contribution is -0.384. The van der Waals surface area contributed by atoms with Crippen molar-refractivity contribution >= 4 is 21.6 Å². The summed E-state index contributed by atoms with van der Waals surface area (Å²) in [5, 5.41) is 13.3. The number of sulfonamides is 1. The van der Waals surface area contributed by atoms with Crippen molar-refractivity contribution in [2.45, 2.75) is 31.2 Å². The van der Waals surface area contributed by atoms with Crippen LogP contribution < -0.4 is 5.32 Å². The third-order valence-electron chi connectivity index (χ3n) is 4.38. The van der Waals surface area contributed by atoms with E-state index in [1.165, 1.54) is 41.6 Å². The zero-order valence-electron chi connectivity index (χ0n) is 14.7. The second-order valence-corrected chi connectivity index (χ2v) is 8.15. The Kier molecular flexibility index (Phi) is 5.29. The molecule has 10 heteroatoms.